The van der Waals surface area contributed by atoms with Crippen LogP contribution in [0.2, 0.25) is 0 Å². The number of phenols is 1. The Morgan fingerprint density at radius 1 is 0.781 bits per heavy atom. The Balaban J connectivity index is 0.925. The molecule has 12 nitrogen and oxygen atoms in total. The van der Waals surface area contributed by atoms with Crippen molar-refractivity contribution in [1.82, 2.24) is 4.90 Å². The number of Topliss-reactive ketones (excluding diaryl/α,β-unsaturated/α-hetero) is 2. The number of likely N-dealkylation sites (N-methyl/N-ethyl adjacent to an activating group) is 1. The summed E-state index contributed by atoms with van der Waals surface area (Å²) >= 11 is 0. The fraction of sp³-hybridized carbons (Fsp3) is 0.725. The summed E-state index contributed by atoms with van der Waals surface area (Å²) in [7, 11) is 1.93. The van der Waals surface area contributed by atoms with Crippen LogP contribution in [0.1, 0.15) is 178 Å². The molecule has 1 aromatic rings. The summed E-state index contributed by atoms with van der Waals surface area (Å²) in [5, 5.41) is 60.9. The van der Waals surface area contributed by atoms with Gasteiger partial charge in [-0.05, 0) is 128 Å². The highest BCUT2D eigenvalue weighted by Crippen LogP contribution is 2.77. The number of primary amides is 1. The van der Waals surface area contributed by atoms with E-state index in [-0.39, 0.29) is 23.6 Å². The number of hydrogen-bond donors (Lipinski definition) is 7. The van der Waals surface area contributed by atoms with E-state index in [0.717, 1.165) is 36.2 Å². The number of carbonyl (C=O) groups is 4. The number of rotatable bonds is 17. The Labute approximate surface area is 381 Å². The largest absolute Gasteiger partial charge is 0.508 e. The number of nitrogens with zero attached hydrogens (tertiary/aromatic N) is 1. The Hall–Kier alpha value is -3.31. The van der Waals surface area contributed by atoms with E-state index in [1.165, 1.54) is 147 Å². The predicted molar refractivity (Wildman–Crippen MR) is 253 cm³/mol. The fourth-order valence-electron chi connectivity index (χ4n) is 13.8. The van der Waals surface area contributed by atoms with E-state index in [4.69, 9.17) is 5.73 Å². The van der Waals surface area contributed by atoms with Gasteiger partial charge in [-0.15, -0.1) is 0 Å². The first-order chi connectivity index (χ1) is 30.7. The van der Waals surface area contributed by atoms with Gasteiger partial charge in [-0.25, -0.2) is 0 Å². The standard InChI is InChI=1S/C51H76N3O9P/c1-31-35-28-29-36(44(56)39(35)45(57)40-38(31)46(58)42-43(54(2)3)47(59)41(50(52)62)49(61)51(42,63)48(40)60)53-37(55)27-19-8-6-4-5-7-9-20-30-64(32-21-13-10-14-22-32,33-23-15-11-16-24-33)34-25-17-12-18-26-34/h28-29,31-34,38,42-43,46,58,63H,4-27,30H2,1-3H3,(H5-,52,53,55,56,57,59,60,61,62)/p+1/t31-,38+,42+,43-,46-,51-/m0/s1. The molecule has 6 atom stereocenters. The molecule has 0 saturated heterocycles. The Morgan fingerprint density at radius 2 is 1.28 bits per heavy atom. The van der Waals surface area contributed by atoms with Crippen molar-refractivity contribution in [1.29, 1.82) is 0 Å². The summed E-state index contributed by atoms with van der Waals surface area (Å²) in [5.41, 5.74) is 4.41. The minimum absolute atomic E-state index is 0.0265. The van der Waals surface area contributed by atoms with Gasteiger partial charge >= 0.3 is 0 Å². The molecule has 0 unspecified atom stereocenters. The van der Waals surface area contributed by atoms with Gasteiger partial charge in [-0.3, -0.25) is 24.1 Å². The van der Waals surface area contributed by atoms with E-state index in [9.17, 15) is 44.7 Å². The summed E-state index contributed by atoms with van der Waals surface area (Å²) in [6, 6.07) is 1.69. The predicted octanol–water partition coefficient (Wildman–Crippen LogP) is 8.96. The molecule has 0 radical (unpaired) electrons. The first-order valence-corrected chi connectivity index (χ1v) is 27.2. The molecule has 1 aromatic carbocycles. The number of aromatic hydroxyl groups is 1. The van der Waals surface area contributed by atoms with Gasteiger partial charge in [-0.2, -0.15) is 0 Å². The lowest BCUT2D eigenvalue weighted by atomic mass is 9.54. The molecular formula is C51H77N3O9P+. The van der Waals surface area contributed by atoms with Crippen LogP contribution < -0.4 is 11.1 Å². The van der Waals surface area contributed by atoms with Crippen molar-refractivity contribution < 1.29 is 44.7 Å². The van der Waals surface area contributed by atoms with Gasteiger partial charge < -0.3 is 36.6 Å². The molecule has 13 heteroatoms. The minimum atomic E-state index is -2.99. The van der Waals surface area contributed by atoms with Gasteiger partial charge in [0.25, 0.3) is 5.91 Å². The number of aliphatic hydroxyl groups excluding tert-OH is 3. The second kappa shape index (κ2) is 20.7. The molecule has 6 aliphatic carbocycles. The van der Waals surface area contributed by atoms with Crippen LogP contribution in [0.15, 0.2) is 29.0 Å². The molecular weight excluding hydrogens is 830 g/mol. The SMILES string of the molecule is C[C@H]1c2ccc(NC(=O)CCCCCCCCCC[P+](C3CCCCC3)(C3CCCCC3)C3CCCCC3)c(O)c2C(O)=C2C(=O)[C@]3(O)C(O)=C(C(N)=O)C(=O)[C@@H](N(C)C)[C@@H]3[C@@H](O)[C@@H]21. The number of unbranched alkanes of at least 4 members (excludes halogenated alkanes) is 7. The van der Waals surface area contributed by atoms with Crippen LogP contribution in [0, 0.1) is 11.8 Å². The zero-order chi connectivity index (χ0) is 45.9. The zero-order valence-corrected chi connectivity index (χ0v) is 39.7. The highest BCUT2D eigenvalue weighted by molar-refractivity contribution is 7.77. The molecule has 4 fully saturated rings. The maximum atomic E-state index is 14.3. The minimum Gasteiger partial charge on any atom is -0.508 e. The number of ketones is 2. The summed E-state index contributed by atoms with van der Waals surface area (Å²) in [4.78, 5) is 54.5. The molecule has 0 aliphatic heterocycles. The zero-order valence-electron chi connectivity index (χ0n) is 38.8. The van der Waals surface area contributed by atoms with Gasteiger partial charge in [0.2, 0.25) is 11.7 Å². The van der Waals surface area contributed by atoms with Gasteiger partial charge in [0.15, 0.2) is 11.4 Å². The van der Waals surface area contributed by atoms with Gasteiger partial charge in [0.05, 0.1) is 52.5 Å². The van der Waals surface area contributed by atoms with E-state index < -0.39 is 88.7 Å². The topological polar surface area (TPSA) is 211 Å². The van der Waals surface area contributed by atoms with Gasteiger partial charge in [-0.1, -0.05) is 64.4 Å². The van der Waals surface area contributed by atoms with Crippen molar-refractivity contribution in [3.05, 3.63) is 40.2 Å². The van der Waals surface area contributed by atoms with Crippen LogP contribution in [0.25, 0.3) is 5.76 Å². The Bertz CT molecular complexity index is 1920. The number of hydrogen-bond acceptors (Lipinski definition) is 10. The third-order valence-electron chi connectivity index (χ3n) is 16.9. The van der Waals surface area contributed by atoms with E-state index >= 15 is 0 Å². The lowest BCUT2D eigenvalue weighted by molar-refractivity contribution is -0.169. The second-order valence-electron chi connectivity index (χ2n) is 20.7. The van der Waals surface area contributed by atoms with Crippen molar-refractivity contribution in [2.75, 3.05) is 25.6 Å². The number of fused-ring (bicyclic) bond motifs is 3. The monoisotopic (exact) mass is 907 g/mol. The number of amides is 2. The van der Waals surface area contributed by atoms with Crippen molar-refractivity contribution in [2.24, 2.45) is 17.6 Å². The molecule has 0 spiro atoms. The second-order valence-corrected chi connectivity index (χ2v) is 25.3. The highest BCUT2D eigenvalue weighted by atomic mass is 31.2. The van der Waals surface area contributed by atoms with Crippen molar-refractivity contribution in [3.63, 3.8) is 0 Å². The molecule has 4 saturated carbocycles. The quantitative estimate of drug-likeness (QED) is 0.0341. The molecule has 64 heavy (non-hydrogen) atoms. The number of phenolic OH excluding ortho intramolecular Hbond substituents is 1. The van der Waals surface area contributed by atoms with E-state index in [1.807, 2.05) is 0 Å². The number of carbonyl (C=O) groups excluding carboxylic acids is 4. The smallest absolute Gasteiger partial charge is 0.255 e. The van der Waals surface area contributed by atoms with Gasteiger partial charge in [0.1, 0.15) is 22.8 Å². The summed E-state index contributed by atoms with van der Waals surface area (Å²) in [5.74, 6) is -9.88. The summed E-state index contributed by atoms with van der Waals surface area (Å²) < 4.78 is 0. The summed E-state index contributed by atoms with van der Waals surface area (Å²) in [6.07, 6.45) is 31.5. The third kappa shape index (κ3) is 8.95. The highest BCUT2D eigenvalue weighted by Gasteiger charge is 2.68. The third-order valence-corrected chi connectivity index (χ3v) is 23.6. The molecule has 7 rings (SSSR count). The van der Waals surface area contributed by atoms with Crippen LogP contribution in [0.3, 0.4) is 0 Å². The molecule has 0 bridgehead atoms. The number of benzene rings is 1. The summed E-state index contributed by atoms with van der Waals surface area (Å²) in [6.45, 7) is 1.68. The fourth-order valence-corrected chi connectivity index (χ4v) is 21.4. The molecule has 354 valence electrons. The molecule has 0 aromatic heterocycles. The number of aliphatic hydroxyl groups is 4. The lowest BCUT2D eigenvalue weighted by Gasteiger charge is -2.53. The van der Waals surface area contributed by atoms with Crippen molar-refractivity contribution in [3.8, 4) is 5.75 Å². The average Bonchev–Trinajstić information content (AvgIpc) is 3.28. The number of nitrogens with two attached hydrogens (primary N) is 1. The average molecular weight is 907 g/mol. The first-order valence-electron chi connectivity index (χ1n) is 25.0. The normalized spacial score (nSPS) is 28.6. The Morgan fingerprint density at radius 3 is 1.78 bits per heavy atom. The van der Waals surface area contributed by atoms with Crippen LogP contribution in [0.5, 0.6) is 5.75 Å². The Kier molecular flexibility index (Phi) is 15.7. The van der Waals surface area contributed by atoms with Crippen LogP contribution >= 0.6 is 7.26 Å². The van der Waals surface area contributed by atoms with Crippen molar-refractivity contribution >= 4 is 42.1 Å². The van der Waals surface area contributed by atoms with Crippen molar-refractivity contribution in [2.45, 2.75) is 202 Å². The van der Waals surface area contributed by atoms with E-state index in [1.54, 1.807) is 19.2 Å². The van der Waals surface area contributed by atoms with E-state index in [0.29, 0.717) is 12.0 Å². The van der Waals surface area contributed by atoms with Crippen LogP contribution in [-0.2, 0) is 19.2 Å². The maximum absolute atomic E-state index is 14.3. The van der Waals surface area contributed by atoms with E-state index in [2.05, 4.69) is 5.32 Å². The first kappa shape index (κ1) is 48.6. The molecule has 2 amide bonds. The molecule has 8 N–H and O–H groups in total. The molecule has 0 heterocycles. The van der Waals surface area contributed by atoms with Crippen LogP contribution in [-0.4, -0.2) is 109 Å². The number of anilines is 1. The van der Waals surface area contributed by atoms with Crippen LogP contribution in [0.4, 0.5) is 5.69 Å². The molecule has 6 aliphatic rings. The lowest BCUT2D eigenvalue weighted by Crippen LogP contribution is -2.70. The number of nitrogens with one attached hydrogen (secondary N) is 1. The maximum Gasteiger partial charge on any atom is 0.255 e. The van der Waals surface area contributed by atoms with Gasteiger partial charge in [0, 0.05) is 25.2 Å².